The maximum Gasteiger partial charge on any atom is 0.191 e. The van der Waals surface area contributed by atoms with Crippen LogP contribution in [0.3, 0.4) is 0 Å². The second-order valence-corrected chi connectivity index (χ2v) is 7.80. The summed E-state index contributed by atoms with van der Waals surface area (Å²) in [5, 5.41) is 15.4. The van der Waals surface area contributed by atoms with Crippen LogP contribution < -0.4 is 10.6 Å². The summed E-state index contributed by atoms with van der Waals surface area (Å²) in [6.07, 6.45) is 6.60. The molecule has 2 aromatic rings. The predicted molar refractivity (Wildman–Crippen MR) is 108 cm³/mol. The van der Waals surface area contributed by atoms with Crippen LogP contribution in [0.25, 0.3) is 0 Å². The smallest absolute Gasteiger partial charge is 0.191 e. The molecule has 6 nitrogen and oxygen atoms in total. The van der Waals surface area contributed by atoms with Crippen LogP contribution in [0.1, 0.15) is 56.2 Å². The van der Waals surface area contributed by atoms with E-state index in [1.165, 1.54) is 19.3 Å². The number of halogens is 1. The number of aromatic nitrogens is 3. The molecule has 2 N–H and O–H groups in total. The summed E-state index contributed by atoms with van der Waals surface area (Å²) in [7, 11) is 0. The molecule has 0 radical (unpaired) electrons. The molecule has 150 valence electrons. The van der Waals surface area contributed by atoms with Gasteiger partial charge in [-0.05, 0) is 44.2 Å². The van der Waals surface area contributed by atoms with Crippen LogP contribution in [-0.2, 0) is 24.9 Å². The van der Waals surface area contributed by atoms with E-state index in [0.717, 1.165) is 55.5 Å². The first-order valence-electron chi connectivity index (χ1n) is 10.4. The molecule has 0 spiro atoms. The lowest BCUT2D eigenvalue weighted by atomic mass is 9.95. The van der Waals surface area contributed by atoms with Crippen LogP contribution >= 0.6 is 0 Å². The highest BCUT2D eigenvalue weighted by Crippen LogP contribution is 2.48. The Morgan fingerprint density at radius 1 is 1.18 bits per heavy atom. The Balaban J connectivity index is 1.43. The van der Waals surface area contributed by atoms with Crippen molar-refractivity contribution in [3.8, 4) is 0 Å². The monoisotopic (exact) mass is 384 g/mol. The minimum atomic E-state index is -0.118. The van der Waals surface area contributed by atoms with Crippen LogP contribution in [0.4, 0.5) is 4.39 Å². The Bertz CT molecular complexity index is 839. The van der Waals surface area contributed by atoms with Gasteiger partial charge in [-0.2, -0.15) is 0 Å². The number of nitrogens with zero attached hydrogens (tertiary/aromatic N) is 4. The molecule has 4 rings (SSSR count). The maximum absolute atomic E-state index is 14.2. The quantitative estimate of drug-likeness (QED) is 0.594. The summed E-state index contributed by atoms with van der Waals surface area (Å²) in [5.74, 6) is 2.63. The number of hydrogen-bond donors (Lipinski definition) is 2. The molecule has 28 heavy (non-hydrogen) atoms. The fourth-order valence-corrected chi connectivity index (χ4v) is 3.99. The standard InChI is InChI=1S/C21H29FN6/c1-2-23-20(24-14-19-27-26-18-10-4-3-7-13-28(18)19)25-15-21(11-12-21)16-8-5-6-9-17(16)22/h5-6,8-9H,2-4,7,10-15H2,1H3,(H2,23,24,25). The third-order valence-electron chi connectivity index (χ3n) is 5.80. The minimum Gasteiger partial charge on any atom is -0.357 e. The van der Waals surface area contributed by atoms with Crippen LogP contribution in [-0.4, -0.2) is 33.8 Å². The van der Waals surface area contributed by atoms with Crippen LogP contribution in [0, 0.1) is 5.82 Å². The van der Waals surface area contributed by atoms with Crippen molar-refractivity contribution in [3.63, 3.8) is 0 Å². The van der Waals surface area contributed by atoms with Gasteiger partial charge in [-0.3, -0.25) is 0 Å². The zero-order chi connectivity index (χ0) is 19.4. The fraction of sp³-hybridized carbons (Fsp3) is 0.571. The molecule has 0 unspecified atom stereocenters. The molecule has 1 saturated carbocycles. The van der Waals surface area contributed by atoms with Crippen molar-refractivity contribution >= 4 is 5.96 Å². The van der Waals surface area contributed by atoms with Crippen molar-refractivity contribution in [2.45, 2.75) is 64.0 Å². The average molecular weight is 385 g/mol. The molecule has 1 aliphatic heterocycles. The summed E-state index contributed by atoms with van der Waals surface area (Å²) < 4.78 is 16.5. The molecule has 0 atom stereocenters. The third kappa shape index (κ3) is 4.03. The van der Waals surface area contributed by atoms with Gasteiger partial charge in [0, 0.05) is 31.5 Å². The number of aliphatic imine (C=N–C) groups is 1. The van der Waals surface area contributed by atoms with E-state index in [1.54, 1.807) is 12.1 Å². The van der Waals surface area contributed by atoms with Gasteiger partial charge in [0.05, 0.1) is 0 Å². The van der Waals surface area contributed by atoms with Gasteiger partial charge < -0.3 is 15.2 Å². The van der Waals surface area contributed by atoms with E-state index in [2.05, 4.69) is 25.4 Å². The Kier molecular flexibility index (Phi) is 5.59. The summed E-state index contributed by atoms with van der Waals surface area (Å²) in [5.41, 5.74) is 0.689. The number of guanidine groups is 1. The molecule has 0 saturated heterocycles. The molecule has 0 bridgehead atoms. The first kappa shape index (κ1) is 18.9. The Labute approximate surface area is 165 Å². The van der Waals surface area contributed by atoms with E-state index >= 15 is 0 Å². The van der Waals surface area contributed by atoms with Crippen molar-refractivity contribution in [1.29, 1.82) is 0 Å². The Morgan fingerprint density at radius 3 is 2.82 bits per heavy atom. The highest BCUT2D eigenvalue weighted by atomic mass is 19.1. The van der Waals surface area contributed by atoms with Gasteiger partial charge in [-0.25, -0.2) is 9.38 Å². The number of aryl methyl sites for hydroxylation is 1. The van der Waals surface area contributed by atoms with E-state index in [4.69, 9.17) is 4.99 Å². The van der Waals surface area contributed by atoms with E-state index in [9.17, 15) is 4.39 Å². The lowest BCUT2D eigenvalue weighted by molar-refractivity contribution is 0.559. The second kappa shape index (κ2) is 8.29. The van der Waals surface area contributed by atoms with Crippen molar-refractivity contribution in [2.75, 3.05) is 13.1 Å². The molecular weight excluding hydrogens is 355 g/mol. The van der Waals surface area contributed by atoms with Crippen molar-refractivity contribution < 1.29 is 4.39 Å². The SMILES string of the molecule is CCNC(=NCc1nnc2n1CCCCC2)NCC1(c2ccccc2F)CC1. The van der Waals surface area contributed by atoms with Crippen LogP contribution in [0.2, 0.25) is 0 Å². The molecule has 1 aromatic heterocycles. The molecule has 2 heterocycles. The summed E-state index contributed by atoms with van der Waals surface area (Å²) in [4.78, 5) is 4.72. The van der Waals surface area contributed by atoms with Gasteiger partial charge in [0.1, 0.15) is 18.2 Å². The minimum absolute atomic E-state index is 0.116. The van der Waals surface area contributed by atoms with Gasteiger partial charge in [-0.15, -0.1) is 10.2 Å². The molecule has 1 aromatic carbocycles. The van der Waals surface area contributed by atoms with Crippen molar-refractivity contribution in [2.24, 2.45) is 4.99 Å². The average Bonchev–Trinajstić information content (AvgIpc) is 3.45. The molecule has 1 fully saturated rings. The summed E-state index contributed by atoms with van der Waals surface area (Å²) >= 11 is 0. The maximum atomic E-state index is 14.2. The highest BCUT2D eigenvalue weighted by molar-refractivity contribution is 5.79. The fourth-order valence-electron chi connectivity index (χ4n) is 3.99. The largest absolute Gasteiger partial charge is 0.357 e. The first-order chi connectivity index (χ1) is 13.7. The van der Waals surface area contributed by atoms with Crippen molar-refractivity contribution in [3.05, 3.63) is 47.3 Å². The number of hydrogen-bond acceptors (Lipinski definition) is 3. The highest BCUT2D eigenvalue weighted by Gasteiger charge is 2.45. The normalized spacial score (nSPS) is 18.3. The Hall–Kier alpha value is -2.44. The van der Waals surface area contributed by atoms with E-state index < -0.39 is 0 Å². The van der Waals surface area contributed by atoms with Crippen LogP contribution in [0.5, 0.6) is 0 Å². The lowest BCUT2D eigenvalue weighted by Crippen LogP contribution is -2.41. The second-order valence-electron chi connectivity index (χ2n) is 7.80. The number of rotatable bonds is 6. The molecule has 1 aliphatic carbocycles. The van der Waals surface area contributed by atoms with E-state index in [-0.39, 0.29) is 11.2 Å². The number of fused-ring (bicyclic) bond motifs is 1. The van der Waals surface area contributed by atoms with Crippen LogP contribution in [0.15, 0.2) is 29.3 Å². The summed E-state index contributed by atoms with van der Waals surface area (Å²) in [6, 6.07) is 7.11. The molecule has 7 heteroatoms. The number of nitrogens with one attached hydrogen (secondary N) is 2. The van der Waals surface area contributed by atoms with Gasteiger partial charge in [-0.1, -0.05) is 24.6 Å². The summed E-state index contributed by atoms with van der Waals surface area (Å²) in [6.45, 7) is 4.97. The zero-order valence-corrected chi connectivity index (χ0v) is 16.5. The Morgan fingerprint density at radius 2 is 2.04 bits per heavy atom. The van der Waals surface area contributed by atoms with Gasteiger partial charge >= 0.3 is 0 Å². The zero-order valence-electron chi connectivity index (χ0n) is 16.5. The van der Waals surface area contributed by atoms with Gasteiger partial charge in [0.25, 0.3) is 0 Å². The molecule has 0 amide bonds. The van der Waals surface area contributed by atoms with E-state index in [0.29, 0.717) is 13.1 Å². The lowest BCUT2D eigenvalue weighted by Gasteiger charge is -2.19. The van der Waals surface area contributed by atoms with Gasteiger partial charge in [0.2, 0.25) is 0 Å². The molecule has 2 aliphatic rings. The third-order valence-corrected chi connectivity index (χ3v) is 5.80. The number of benzene rings is 1. The predicted octanol–water partition coefficient (Wildman–Crippen LogP) is 2.93. The first-order valence-corrected chi connectivity index (χ1v) is 10.4. The van der Waals surface area contributed by atoms with E-state index in [1.807, 2.05) is 19.1 Å². The van der Waals surface area contributed by atoms with Crippen molar-refractivity contribution in [1.82, 2.24) is 25.4 Å². The topological polar surface area (TPSA) is 67.1 Å². The van der Waals surface area contributed by atoms with Gasteiger partial charge in [0.15, 0.2) is 11.8 Å². The molecular formula is C21H29FN6.